The zero-order chi connectivity index (χ0) is 8.55. The number of H-pyrrole nitrogens is 2. The first-order chi connectivity index (χ1) is 5.79. The smallest absolute Gasteiger partial charge is 0.295 e. The molecule has 0 aromatic rings. The van der Waals surface area contributed by atoms with Gasteiger partial charge in [-0.3, -0.25) is 9.59 Å². The molecular formula is C7H5N3O2. The molecule has 0 saturated heterocycles. The third kappa shape index (κ3) is 0.833. The zero-order valence-corrected chi connectivity index (χ0v) is 6.00. The minimum absolute atomic E-state index is 0.213. The Hall–Kier alpha value is -1.91. The minimum atomic E-state index is -0.429. The van der Waals surface area contributed by atoms with Gasteiger partial charge in [-0.1, -0.05) is 0 Å². The van der Waals surface area contributed by atoms with E-state index in [4.69, 9.17) is 0 Å². The topological polar surface area (TPSA) is 78.6 Å². The van der Waals surface area contributed by atoms with Gasteiger partial charge in [-0.05, 0) is 0 Å². The first-order valence-corrected chi connectivity index (χ1v) is 3.34. The fourth-order valence-corrected chi connectivity index (χ4v) is 1.00. The van der Waals surface area contributed by atoms with Crippen molar-refractivity contribution < 1.29 is 0 Å². The molecule has 0 aromatic carbocycles. The van der Waals surface area contributed by atoms with Gasteiger partial charge in [0.1, 0.15) is 10.7 Å². The molecule has 0 fully saturated rings. The van der Waals surface area contributed by atoms with E-state index in [0.717, 1.165) is 6.20 Å². The summed E-state index contributed by atoms with van der Waals surface area (Å²) < 4.78 is 0. The van der Waals surface area contributed by atoms with Gasteiger partial charge in [0.2, 0.25) is 5.43 Å². The summed E-state index contributed by atoms with van der Waals surface area (Å²) in [7, 11) is 0. The standard InChI is InChI=1S/C7H5N3O2/c11-4-3-10-7(12)6-5(4)8-1-2-9-6/h1-3,8-9H. The molecule has 0 atom stereocenters. The minimum Gasteiger partial charge on any atom is -0.355 e. The van der Waals surface area contributed by atoms with E-state index < -0.39 is 5.56 Å². The number of hydrogen-bond acceptors (Lipinski definition) is 3. The van der Waals surface area contributed by atoms with Gasteiger partial charge in [0.05, 0.1) is 6.20 Å². The van der Waals surface area contributed by atoms with Crippen molar-refractivity contribution in [2.45, 2.75) is 0 Å². The molecule has 2 N–H and O–H groups in total. The molecule has 0 spiro atoms. The molecule has 2 rings (SSSR count). The molecule has 0 bridgehead atoms. The van der Waals surface area contributed by atoms with E-state index in [-0.39, 0.29) is 16.1 Å². The second-order valence-electron chi connectivity index (χ2n) is 2.30. The lowest BCUT2D eigenvalue weighted by atomic mass is 10.4. The summed E-state index contributed by atoms with van der Waals surface area (Å²) in [5.74, 6) is 0. The number of nitrogens with one attached hydrogen (secondary N) is 2. The average Bonchev–Trinajstić information content (AvgIpc) is 2.12. The SMILES string of the molecule is O=c1cnc(=O)c2[nH]cc[nH]c1=2. The highest BCUT2D eigenvalue weighted by Crippen LogP contribution is 1.76. The highest BCUT2D eigenvalue weighted by molar-refractivity contribution is 4.97. The van der Waals surface area contributed by atoms with Crippen LogP contribution in [-0.2, 0) is 0 Å². The quantitative estimate of drug-likeness (QED) is 0.532. The Balaban J connectivity index is 3.31. The predicted octanol–water partition coefficient (Wildman–Crippen LogP) is -0.817. The molecule has 0 saturated carbocycles. The highest BCUT2D eigenvalue weighted by Gasteiger charge is 1.96. The highest BCUT2D eigenvalue weighted by atomic mass is 16.1. The van der Waals surface area contributed by atoms with Gasteiger partial charge in [0.15, 0.2) is 0 Å². The van der Waals surface area contributed by atoms with Crippen molar-refractivity contribution in [3.05, 3.63) is 49.9 Å². The van der Waals surface area contributed by atoms with E-state index in [1.165, 1.54) is 6.20 Å². The van der Waals surface area contributed by atoms with Crippen LogP contribution in [0.4, 0.5) is 0 Å². The van der Waals surface area contributed by atoms with Gasteiger partial charge in [0, 0.05) is 12.4 Å². The fraction of sp³-hybridized carbons (Fsp3) is 0. The molecule has 12 heavy (non-hydrogen) atoms. The van der Waals surface area contributed by atoms with Gasteiger partial charge in [-0.2, -0.15) is 0 Å². The third-order valence-electron chi connectivity index (χ3n) is 1.55. The Morgan fingerprint density at radius 3 is 2.42 bits per heavy atom. The summed E-state index contributed by atoms with van der Waals surface area (Å²) in [6.07, 6.45) is 4.09. The van der Waals surface area contributed by atoms with Crippen LogP contribution in [0.5, 0.6) is 0 Å². The lowest BCUT2D eigenvalue weighted by Gasteiger charge is -1.88. The Bertz CT molecular complexity index is 517. The van der Waals surface area contributed by atoms with Crippen LogP contribution in [0.15, 0.2) is 28.2 Å². The van der Waals surface area contributed by atoms with E-state index in [9.17, 15) is 9.59 Å². The average molecular weight is 163 g/mol. The van der Waals surface area contributed by atoms with Crippen molar-refractivity contribution in [2.75, 3.05) is 0 Å². The fourth-order valence-electron chi connectivity index (χ4n) is 1.00. The van der Waals surface area contributed by atoms with Crippen molar-refractivity contribution in [3.8, 4) is 0 Å². The Morgan fingerprint density at radius 1 is 1.08 bits per heavy atom. The summed E-state index contributed by atoms with van der Waals surface area (Å²) in [6.45, 7) is 0. The van der Waals surface area contributed by atoms with Crippen molar-refractivity contribution in [2.24, 2.45) is 0 Å². The van der Waals surface area contributed by atoms with Crippen LogP contribution in [0.2, 0.25) is 0 Å². The molecule has 5 heteroatoms. The van der Waals surface area contributed by atoms with E-state index in [1.54, 1.807) is 6.20 Å². The molecule has 5 nitrogen and oxygen atoms in total. The van der Waals surface area contributed by atoms with Crippen molar-refractivity contribution >= 4 is 0 Å². The van der Waals surface area contributed by atoms with Crippen LogP contribution in [-0.4, -0.2) is 15.0 Å². The molecule has 0 radical (unpaired) electrons. The second kappa shape index (κ2) is 2.30. The summed E-state index contributed by atoms with van der Waals surface area (Å²) in [4.78, 5) is 30.8. The first-order valence-electron chi connectivity index (χ1n) is 3.34. The number of aromatic amines is 2. The van der Waals surface area contributed by atoms with Crippen LogP contribution in [0.25, 0.3) is 0 Å². The second-order valence-corrected chi connectivity index (χ2v) is 2.30. The number of aromatic nitrogens is 3. The molecule has 0 aliphatic carbocycles. The van der Waals surface area contributed by atoms with Crippen molar-refractivity contribution in [1.29, 1.82) is 0 Å². The molecule has 60 valence electrons. The first kappa shape index (κ1) is 6.78. The van der Waals surface area contributed by atoms with Crippen molar-refractivity contribution in [3.63, 3.8) is 0 Å². The van der Waals surface area contributed by atoms with Crippen LogP contribution in [0.1, 0.15) is 0 Å². The number of hydrogen-bond donors (Lipinski definition) is 2. The molecule has 0 aromatic heterocycles. The van der Waals surface area contributed by atoms with Crippen LogP contribution < -0.4 is 11.0 Å². The van der Waals surface area contributed by atoms with Gasteiger partial charge < -0.3 is 9.97 Å². The van der Waals surface area contributed by atoms with Crippen LogP contribution >= 0.6 is 0 Å². The molecule has 0 unspecified atom stereocenters. The maximum absolute atomic E-state index is 11.1. The van der Waals surface area contributed by atoms with Crippen LogP contribution in [0, 0.1) is 10.7 Å². The number of rotatable bonds is 0. The lowest BCUT2D eigenvalue weighted by Crippen LogP contribution is -2.18. The predicted molar refractivity (Wildman–Crippen MR) is 40.8 cm³/mol. The largest absolute Gasteiger partial charge is 0.355 e. The normalized spacial score (nSPS) is 10.3. The van der Waals surface area contributed by atoms with E-state index in [2.05, 4.69) is 15.0 Å². The Kier molecular flexibility index (Phi) is 1.30. The molecule has 2 aliphatic rings. The summed E-state index contributed by atoms with van der Waals surface area (Å²) in [5, 5.41) is 0.475. The maximum Gasteiger partial charge on any atom is 0.295 e. The number of nitrogens with zero attached hydrogens (tertiary/aromatic N) is 1. The Labute approximate surface area is 65.8 Å². The molecule has 2 heterocycles. The summed E-state index contributed by atoms with van der Waals surface area (Å²) >= 11 is 0. The van der Waals surface area contributed by atoms with E-state index in [1.807, 2.05) is 0 Å². The Morgan fingerprint density at radius 2 is 1.75 bits per heavy atom. The summed E-state index contributed by atoms with van der Waals surface area (Å²) in [5.41, 5.74) is -0.720. The molecule has 2 aliphatic heterocycles. The monoisotopic (exact) mass is 163 g/mol. The van der Waals surface area contributed by atoms with Gasteiger partial charge in [0.25, 0.3) is 5.56 Å². The molecule has 0 amide bonds. The maximum atomic E-state index is 11.1. The molecular weight excluding hydrogens is 158 g/mol. The van der Waals surface area contributed by atoms with Crippen molar-refractivity contribution in [1.82, 2.24) is 15.0 Å². The lowest BCUT2D eigenvalue weighted by molar-refractivity contribution is 1.01. The van der Waals surface area contributed by atoms with E-state index in [0.29, 0.717) is 0 Å². The van der Waals surface area contributed by atoms with E-state index >= 15 is 0 Å². The summed E-state index contributed by atoms with van der Waals surface area (Å²) in [6, 6.07) is 0. The third-order valence-corrected chi connectivity index (χ3v) is 1.55. The van der Waals surface area contributed by atoms with Gasteiger partial charge in [-0.25, -0.2) is 4.98 Å². The zero-order valence-electron chi connectivity index (χ0n) is 6.00. The van der Waals surface area contributed by atoms with Crippen LogP contribution in [0.3, 0.4) is 0 Å². The van der Waals surface area contributed by atoms with Gasteiger partial charge >= 0.3 is 0 Å². The van der Waals surface area contributed by atoms with Gasteiger partial charge in [-0.15, -0.1) is 0 Å².